The molecule has 0 aliphatic carbocycles. The summed E-state index contributed by atoms with van der Waals surface area (Å²) in [7, 11) is 1.48. The van der Waals surface area contributed by atoms with Crippen LogP contribution in [0.25, 0.3) is 0 Å². The number of amides is 1. The number of esters is 1. The zero-order valence-corrected chi connectivity index (χ0v) is 18.3. The highest BCUT2D eigenvalue weighted by molar-refractivity contribution is 6.01. The van der Waals surface area contributed by atoms with Gasteiger partial charge in [0.05, 0.1) is 24.1 Å². The lowest BCUT2D eigenvalue weighted by Gasteiger charge is -2.17. The molecule has 0 bridgehead atoms. The summed E-state index contributed by atoms with van der Waals surface area (Å²) in [6.45, 7) is 0. The first-order valence-corrected chi connectivity index (χ1v) is 10.3. The van der Waals surface area contributed by atoms with Crippen LogP contribution in [0.3, 0.4) is 0 Å². The summed E-state index contributed by atoms with van der Waals surface area (Å²) in [5, 5.41) is 13.6. The quantitative estimate of drug-likeness (QED) is 0.204. The maximum absolute atomic E-state index is 13.0. The van der Waals surface area contributed by atoms with Gasteiger partial charge in [0.2, 0.25) is 11.7 Å². The lowest BCUT2D eigenvalue weighted by molar-refractivity contribution is -0.384. The van der Waals surface area contributed by atoms with E-state index < -0.39 is 28.7 Å². The van der Waals surface area contributed by atoms with Gasteiger partial charge in [-0.1, -0.05) is 42.5 Å². The Morgan fingerprint density at radius 3 is 2.21 bits per heavy atom. The minimum atomic E-state index is -1.31. The lowest BCUT2D eigenvalue weighted by atomic mass is 9.99. The van der Waals surface area contributed by atoms with Crippen molar-refractivity contribution in [3.05, 3.63) is 100 Å². The van der Waals surface area contributed by atoms with Crippen LogP contribution in [0, 0.1) is 10.1 Å². The Morgan fingerprint density at radius 2 is 1.56 bits per heavy atom. The molecule has 3 rings (SSSR count). The predicted octanol–water partition coefficient (Wildman–Crippen LogP) is 4.49. The molecule has 3 aromatic carbocycles. The highest BCUT2D eigenvalue weighted by atomic mass is 16.6. The molecule has 0 saturated heterocycles. The summed E-state index contributed by atoms with van der Waals surface area (Å²) in [4.78, 5) is 48.2. The Kier molecular flexibility index (Phi) is 8.07. The van der Waals surface area contributed by atoms with E-state index in [4.69, 9.17) is 9.47 Å². The fourth-order valence-corrected chi connectivity index (χ4v) is 3.16. The SMILES string of the molecule is COc1ccccc1NC(=O)CCC(=O)O[C@H](C(=O)c1ccccc1)c1ccc([N+](=O)[O-])cc1. The maximum Gasteiger partial charge on any atom is 0.307 e. The van der Waals surface area contributed by atoms with Gasteiger partial charge in [0.1, 0.15) is 5.75 Å². The number of benzene rings is 3. The second-order valence-electron chi connectivity index (χ2n) is 7.20. The van der Waals surface area contributed by atoms with Gasteiger partial charge in [0.25, 0.3) is 5.69 Å². The van der Waals surface area contributed by atoms with E-state index in [2.05, 4.69) is 5.32 Å². The fourth-order valence-electron chi connectivity index (χ4n) is 3.16. The third-order valence-corrected chi connectivity index (χ3v) is 4.89. The van der Waals surface area contributed by atoms with Gasteiger partial charge in [0, 0.05) is 29.7 Å². The molecule has 9 heteroatoms. The summed E-state index contributed by atoms with van der Waals surface area (Å²) in [5.74, 6) is -1.20. The number of non-ortho nitro benzene ring substituents is 1. The van der Waals surface area contributed by atoms with E-state index in [0.717, 1.165) is 0 Å². The Balaban J connectivity index is 1.70. The van der Waals surface area contributed by atoms with Crippen molar-refractivity contribution in [3.8, 4) is 5.75 Å². The maximum atomic E-state index is 13.0. The van der Waals surface area contributed by atoms with Gasteiger partial charge >= 0.3 is 5.97 Å². The molecule has 34 heavy (non-hydrogen) atoms. The first kappa shape index (κ1) is 24.1. The lowest BCUT2D eigenvalue weighted by Crippen LogP contribution is -2.21. The van der Waals surface area contributed by atoms with Crippen molar-refractivity contribution in [1.82, 2.24) is 0 Å². The normalized spacial score (nSPS) is 11.2. The van der Waals surface area contributed by atoms with Gasteiger partial charge in [-0.05, 0) is 24.3 Å². The van der Waals surface area contributed by atoms with E-state index in [0.29, 0.717) is 17.0 Å². The van der Waals surface area contributed by atoms with Crippen LogP contribution in [0.5, 0.6) is 5.75 Å². The molecule has 0 saturated carbocycles. The highest BCUT2D eigenvalue weighted by Gasteiger charge is 2.27. The van der Waals surface area contributed by atoms with Crippen molar-refractivity contribution >= 4 is 29.0 Å². The Bertz CT molecular complexity index is 1180. The largest absolute Gasteiger partial charge is 0.495 e. The molecule has 0 aliphatic rings. The number of Topliss-reactive ketones (excluding diaryl/α,β-unsaturated/α-hetero) is 1. The third kappa shape index (κ3) is 6.26. The molecule has 0 aliphatic heterocycles. The summed E-state index contributed by atoms with van der Waals surface area (Å²) in [6.07, 6.45) is -1.76. The van der Waals surface area contributed by atoms with Gasteiger partial charge < -0.3 is 14.8 Å². The molecule has 0 unspecified atom stereocenters. The highest BCUT2D eigenvalue weighted by Crippen LogP contribution is 2.26. The molecular weight excluding hydrogens is 440 g/mol. The van der Waals surface area contributed by atoms with E-state index >= 15 is 0 Å². The number of hydrogen-bond acceptors (Lipinski definition) is 7. The van der Waals surface area contributed by atoms with E-state index in [9.17, 15) is 24.5 Å². The van der Waals surface area contributed by atoms with Crippen LogP contribution < -0.4 is 10.1 Å². The van der Waals surface area contributed by atoms with Crippen molar-refractivity contribution in [3.63, 3.8) is 0 Å². The standard InChI is InChI=1S/C25H22N2O7/c1-33-21-10-6-5-9-20(21)26-22(28)15-16-23(29)34-25(24(30)17-7-3-2-4-8-17)18-11-13-19(14-12-18)27(31)32/h2-14,25H,15-16H2,1H3,(H,26,28)/t25-/m0/s1. The molecule has 3 aromatic rings. The van der Waals surface area contributed by atoms with Crippen LogP contribution in [-0.4, -0.2) is 29.7 Å². The molecule has 0 spiro atoms. The Morgan fingerprint density at radius 1 is 0.912 bits per heavy atom. The number of ketones is 1. The molecule has 1 N–H and O–H groups in total. The Hall–Kier alpha value is -4.53. The van der Waals surface area contributed by atoms with Crippen LogP contribution in [0.1, 0.15) is 34.9 Å². The fraction of sp³-hybridized carbons (Fsp3) is 0.160. The molecule has 174 valence electrons. The van der Waals surface area contributed by atoms with Crippen LogP contribution in [0.4, 0.5) is 11.4 Å². The zero-order chi connectivity index (χ0) is 24.5. The number of ether oxygens (including phenoxy) is 2. The minimum absolute atomic E-state index is 0.158. The number of nitro groups is 1. The summed E-state index contributed by atoms with van der Waals surface area (Å²) < 4.78 is 10.6. The number of carbonyl (C=O) groups is 3. The Labute approximate surface area is 195 Å². The number of nitrogens with zero attached hydrogens (tertiary/aromatic N) is 1. The summed E-state index contributed by atoms with van der Waals surface area (Å²) >= 11 is 0. The molecule has 0 heterocycles. The molecule has 0 fully saturated rings. The van der Waals surface area contributed by atoms with E-state index in [1.165, 1.54) is 31.4 Å². The number of nitrogens with one attached hydrogen (secondary N) is 1. The van der Waals surface area contributed by atoms with Crippen LogP contribution in [0.2, 0.25) is 0 Å². The first-order chi connectivity index (χ1) is 16.4. The second kappa shape index (κ2) is 11.4. The number of para-hydroxylation sites is 2. The number of anilines is 1. The first-order valence-electron chi connectivity index (χ1n) is 10.3. The van der Waals surface area contributed by atoms with E-state index in [-0.39, 0.29) is 24.1 Å². The molecule has 0 aromatic heterocycles. The third-order valence-electron chi connectivity index (χ3n) is 4.89. The minimum Gasteiger partial charge on any atom is -0.495 e. The summed E-state index contributed by atoms with van der Waals surface area (Å²) in [5.41, 5.74) is 0.902. The average molecular weight is 462 g/mol. The van der Waals surface area contributed by atoms with Gasteiger partial charge in [0.15, 0.2) is 6.10 Å². The smallest absolute Gasteiger partial charge is 0.307 e. The monoisotopic (exact) mass is 462 g/mol. The van der Waals surface area contributed by atoms with Gasteiger partial charge in [-0.15, -0.1) is 0 Å². The van der Waals surface area contributed by atoms with Crippen LogP contribution in [-0.2, 0) is 14.3 Å². The van der Waals surface area contributed by atoms with Gasteiger partial charge in [-0.25, -0.2) is 0 Å². The topological polar surface area (TPSA) is 125 Å². The zero-order valence-electron chi connectivity index (χ0n) is 18.3. The van der Waals surface area contributed by atoms with Crippen molar-refractivity contribution < 1.29 is 28.8 Å². The number of carbonyl (C=O) groups excluding carboxylic acids is 3. The van der Waals surface area contributed by atoms with Crippen molar-refractivity contribution in [1.29, 1.82) is 0 Å². The molecule has 0 radical (unpaired) electrons. The van der Waals surface area contributed by atoms with E-state index in [1.54, 1.807) is 54.6 Å². The second-order valence-corrected chi connectivity index (χ2v) is 7.20. The summed E-state index contributed by atoms with van der Waals surface area (Å²) in [6, 6.07) is 20.3. The molecule has 9 nitrogen and oxygen atoms in total. The van der Waals surface area contributed by atoms with Crippen molar-refractivity contribution in [2.75, 3.05) is 12.4 Å². The molecule has 1 atom stereocenters. The van der Waals surface area contributed by atoms with Crippen molar-refractivity contribution in [2.45, 2.75) is 18.9 Å². The van der Waals surface area contributed by atoms with E-state index in [1.807, 2.05) is 0 Å². The number of nitro benzene ring substituents is 1. The van der Waals surface area contributed by atoms with Gasteiger partial charge in [-0.2, -0.15) is 0 Å². The van der Waals surface area contributed by atoms with Crippen molar-refractivity contribution in [2.24, 2.45) is 0 Å². The molecular formula is C25H22N2O7. The predicted molar refractivity (Wildman–Crippen MR) is 124 cm³/mol. The average Bonchev–Trinajstić information content (AvgIpc) is 2.86. The van der Waals surface area contributed by atoms with Crippen LogP contribution in [0.15, 0.2) is 78.9 Å². The number of rotatable bonds is 10. The van der Waals surface area contributed by atoms with Gasteiger partial charge in [-0.3, -0.25) is 24.5 Å². The molecule has 1 amide bonds. The number of methoxy groups -OCH3 is 1. The number of hydrogen-bond donors (Lipinski definition) is 1. The van der Waals surface area contributed by atoms with Crippen LogP contribution >= 0.6 is 0 Å².